The summed E-state index contributed by atoms with van der Waals surface area (Å²) < 4.78 is 0. The fourth-order valence-electron chi connectivity index (χ4n) is 3.03. The lowest BCUT2D eigenvalue weighted by Gasteiger charge is -2.29. The first-order chi connectivity index (χ1) is 9.60. The van der Waals surface area contributed by atoms with Gasteiger partial charge in [0.15, 0.2) is 0 Å². The van der Waals surface area contributed by atoms with Crippen molar-refractivity contribution in [3.63, 3.8) is 0 Å². The average molecular weight is 275 g/mol. The largest absolute Gasteiger partial charge is 0.323 e. The molecule has 20 heavy (non-hydrogen) atoms. The van der Waals surface area contributed by atoms with E-state index in [0.29, 0.717) is 18.5 Å². The predicted octanol–water partition coefficient (Wildman–Crippen LogP) is 3.36. The topological polar surface area (TPSA) is 44.4 Å². The second-order valence-corrected chi connectivity index (χ2v) is 5.55. The van der Waals surface area contributed by atoms with E-state index in [4.69, 9.17) is 0 Å². The third-order valence-electron chi connectivity index (χ3n) is 4.32. The van der Waals surface area contributed by atoms with Crippen LogP contribution in [0.1, 0.15) is 43.9 Å². The molecule has 1 aliphatic heterocycles. The summed E-state index contributed by atoms with van der Waals surface area (Å²) in [6.07, 6.45) is 2.32. The molecule has 2 amide bonds. The lowest BCUT2D eigenvalue weighted by molar-refractivity contribution is 0.218. The molecule has 0 radical (unpaired) electrons. The van der Waals surface area contributed by atoms with Crippen molar-refractivity contribution in [3.05, 3.63) is 29.3 Å². The first-order valence-corrected chi connectivity index (χ1v) is 7.42. The zero-order valence-corrected chi connectivity index (χ0v) is 12.9. The Hall–Kier alpha value is -1.55. The van der Waals surface area contributed by atoms with Gasteiger partial charge in [0.25, 0.3) is 0 Å². The molecule has 1 atom stereocenters. The Morgan fingerprint density at radius 3 is 2.65 bits per heavy atom. The van der Waals surface area contributed by atoms with Gasteiger partial charge in [-0.15, -0.1) is 0 Å². The number of hydrogen-bond donors (Lipinski definition) is 2. The summed E-state index contributed by atoms with van der Waals surface area (Å²) >= 11 is 0. The summed E-state index contributed by atoms with van der Waals surface area (Å²) in [4.78, 5) is 13.3. The Kier molecular flexibility index (Phi) is 4.65. The summed E-state index contributed by atoms with van der Waals surface area (Å²) in [5.41, 5.74) is 3.44. The van der Waals surface area contributed by atoms with Crippen LogP contribution in [0, 0.1) is 5.92 Å². The predicted molar refractivity (Wildman–Crippen MR) is 82.8 cm³/mol. The number of urea groups is 1. The molecule has 0 fully saturated rings. The van der Waals surface area contributed by atoms with Gasteiger partial charge < -0.3 is 15.5 Å². The molecular formula is C16H25N3O. The van der Waals surface area contributed by atoms with Crippen LogP contribution < -0.4 is 10.6 Å². The Morgan fingerprint density at radius 1 is 1.35 bits per heavy atom. The smallest absolute Gasteiger partial charge is 0.321 e. The molecule has 110 valence electrons. The Bertz CT molecular complexity index is 483. The number of amides is 2. The second kappa shape index (κ2) is 6.27. The monoisotopic (exact) mass is 275 g/mol. The van der Waals surface area contributed by atoms with E-state index in [1.165, 1.54) is 11.1 Å². The highest BCUT2D eigenvalue weighted by Gasteiger charge is 2.23. The van der Waals surface area contributed by atoms with Gasteiger partial charge in [-0.2, -0.15) is 0 Å². The van der Waals surface area contributed by atoms with Crippen molar-refractivity contribution in [3.8, 4) is 0 Å². The van der Waals surface area contributed by atoms with Crippen molar-refractivity contribution in [2.24, 2.45) is 5.92 Å². The van der Waals surface area contributed by atoms with Crippen LogP contribution in [0.15, 0.2) is 18.2 Å². The van der Waals surface area contributed by atoms with Crippen molar-refractivity contribution in [2.45, 2.75) is 39.3 Å². The molecule has 1 aromatic carbocycles. The lowest BCUT2D eigenvalue weighted by atomic mass is 9.88. The molecule has 1 aliphatic rings. The number of hydrogen-bond acceptors (Lipinski definition) is 2. The van der Waals surface area contributed by atoms with E-state index in [0.717, 1.165) is 18.5 Å². The maximum absolute atomic E-state index is 11.6. The summed E-state index contributed by atoms with van der Waals surface area (Å²) in [6, 6.07) is 6.73. The minimum Gasteiger partial charge on any atom is -0.323 e. The van der Waals surface area contributed by atoms with Crippen LogP contribution in [-0.4, -0.2) is 25.0 Å². The number of carbonyl (C=O) groups excluding carboxylic acids is 1. The quantitative estimate of drug-likeness (QED) is 0.865. The first-order valence-electron chi connectivity index (χ1n) is 7.42. The maximum Gasteiger partial charge on any atom is 0.321 e. The van der Waals surface area contributed by atoms with Gasteiger partial charge in [-0.25, -0.2) is 4.79 Å². The summed E-state index contributed by atoms with van der Waals surface area (Å²) in [5.74, 6) is 0.633. The van der Waals surface area contributed by atoms with Crippen LogP contribution in [0.3, 0.4) is 0 Å². The maximum atomic E-state index is 11.6. The molecule has 0 aliphatic carbocycles. The van der Waals surface area contributed by atoms with Crippen molar-refractivity contribution < 1.29 is 4.79 Å². The minimum absolute atomic E-state index is 0.0320. The van der Waals surface area contributed by atoms with E-state index in [2.05, 4.69) is 36.6 Å². The van der Waals surface area contributed by atoms with Gasteiger partial charge in [-0.1, -0.05) is 38.8 Å². The first kappa shape index (κ1) is 14.9. The van der Waals surface area contributed by atoms with Gasteiger partial charge >= 0.3 is 6.03 Å². The third kappa shape index (κ3) is 2.80. The fraction of sp³-hybridized carbons (Fsp3) is 0.562. The zero-order valence-electron chi connectivity index (χ0n) is 12.9. The molecule has 0 saturated carbocycles. The molecule has 1 aromatic rings. The highest BCUT2D eigenvalue weighted by Crippen LogP contribution is 2.31. The van der Waals surface area contributed by atoms with E-state index in [-0.39, 0.29) is 6.03 Å². The number of fused-ring (bicyclic) bond motifs is 1. The molecule has 0 saturated heterocycles. The number of nitrogens with zero attached hydrogens (tertiary/aromatic N) is 1. The number of anilines is 1. The third-order valence-corrected chi connectivity index (χ3v) is 4.32. The van der Waals surface area contributed by atoms with Crippen LogP contribution >= 0.6 is 0 Å². The Labute approximate surface area is 121 Å². The Balaban J connectivity index is 2.30. The van der Waals surface area contributed by atoms with Crippen LogP contribution in [0.5, 0.6) is 0 Å². The number of carbonyl (C=O) groups is 1. The normalized spacial score (nSPS) is 16.1. The number of nitrogens with one attached hydrogen (secondary N) is 2. The molecule has 0 aromatic heterocycles. The van der Waals surface area contributed by atoms with Crippen LogP contribution in [0.4, 0.5) is 10.5 Å². The minimum atomic E-state index is -0.0320. The highest BCUT2D eigenvalue weighted by atomic mass is 16.2. The van der Waals surface area contributed by atoms with Gasteiger partial charge in [-0.3, -0.25) is 0 Å². The number of benzene rings is 1. The molecule has 4 heteroatoms. The zero-order chi connectivity index (χ0) is 14.7. The van der Waals surface area contributed by atoms with Crippen molar-refractivity contribution in [1.29, 1.82) is 0 Å². The van der Waals surface area contributed by atoms with Crippen LogP contribution in [-0.2, 0) is 6.54 Å². The summed E-state index contributed by atoms with van der Waals surface area (Å²) in [5, 5.41) is 6.36. The van der Waals surface area contributed by atoms with E-state index in [1.54, 1.807) is 4.90 Å². The molecule has 2 rings (SSSR count). The van der Waals surface area contributed by atoms with Gasteiger partial charge in [0, 0.05) is 25.3 Å². The van der Waals surface area contributed by atoms with E-state index in [9.17, 15) is 4.79 Å². The van der Waals surface area contributed by atoms with E-state index < -0.39 is 0 Å². The van der Waals surface area contributed by atoms with Crippen molar-refractivity contribution in [1.82, 2.24) is 10.2 Å². The second-order valence-electron chi connectivity index (χ2n) is 5.55. The molecular weight excluding hydrogens is 250 g/mol. The van der Waals surface area contributed by atoms with Crippen LogP contribution in [0.25, 0.3) is 0 Å². The molecule has 1 unspecified atom stereocenters. The molecule has 4 nitrogen and oxygen atoms in total. The lowest BCUT2D eigenvalue weighted by Crippen LogP contribution is -2.35. The Morgan fingerprint density at radius 2 is 2.05 bits per heavy atom. The van der Waals surface area contributed by atoms with Crippen molar-refractivity contribution >= 4 is 11.7 Å². The van der Waals surface area contributed by atoms with E-state index in [1.807, 2.05) is 20.2 Å². The summed E-state index contributed by atoms with van der Waals surface area (Å²) in [7, 11) is 3.84. The molecule has 0 bridgehead atoms. The number of rotatable bonds is 5. The van der Waals surface area contributed by atoms with Gasteiger partial charge in [-0.05, 0) is 30.2 Å². The fourth-order valence-corrected chi connectivity index (χ4v) is 3.03. The van der Waals surface area contributed by atoms with Gasteiger partial charge in [0.05, 0.1) is 0 Å². The standard InChI is InChI=1S/C16H25N3O/c1-5-11(6-2)15(17-3)12-7-8-14-13(9-12)10-19(4)16(20)18-14/h7-9,11,15,17H,5-6,10H2,1-4H3,(H,18,20). The van der Waals surface area contributed by atoms with Gasteiger partial charge in [0.2, 0.25) is 0 Å². The van der Waals surface area contributed by atoms with Gasteiger partial charge in [0.1, 0.15) is 0 Å². The van der Waals surface area contributed by atoms with E-state index >= 15 is 0 Å². The van der Waals surface area contributed by atoms with Crippen molar-refractivity contribution in [2.75, 3.05) is 19.4 Å². The summed E-state index contributed by atoms with van der Waals surface area (Å²) in [6.45, 7) is 5.16. The van der Waals surface area contributed by atoms with Crippen LogP contribution in [0.2, 0.25) is 0 Å². The highest BCUT2D eigenvalue weighted by molar-refractivity contribution is 5.92. The average Bonchev–Trinajstić information content (AvgIpc) is 2.45. The molecule has 2 N–H and O–H groups in total. The SMILES string of the molecule is CCC(CC)C(NC)c1ccc2c(c1)CN(C)C(=O)N2. The molecule has 1 heterocycles. The molecule has 0 spiro atoms.